The van der Waals surface area contributed by atoms with Crippen LogP contribution >= 0.6 is 0 Å². The maximum Gasteiger partial charge on any atom is 0.416 e. The van der Waals surface area contributed by atoms with E-state index in [1.807, 2.05) is 72.7 Å². The third kappa shape index (κ3) is 7.21. The van der Waals surface area contributed by atoms with Crippen LogP contribution in [-0.2, 0) is 9.53 Å². The molecule has 152 valence electrons. The lowest BCUT2D eigenvalue weighted by molar-refractivity contribution is -0.165. The highest BCUT2D eigenvalue weighted by Gasteiger charge is 2.34. The highest BCUT2D eigenvalue weighted by Crippen LogP contribution is 2.38. The van der Waals surface area contributed by atoms with E-state index in [0.717, 1.165) is 5.56 Å². The van der Waals surface area contributed by atoms with E-state index in [-0.39, 0.29) is 11.4 Å². The first kappa shape index (κ1) is 23.0. The van der Waals surface area contributed by atoms with Crippen molar-refractivity contribution in [1.82, 2.24) is 9.80 Å². The molecule has 1 atom stereocenters. The molecule has 0 heterocycles. The number of amides is 1. The Morgan fingerprint density at radius 1 is 0.963 bits per heavy atom. The van der Waals surface area contributed by atoms with Gasteiger partial charge in [-0.15, -0.1) is 0 Å². The summed E-state index contributed by atoms with van der Waals surface area (Å²) in [5.41, 5.74) is 0.0163. The van der Waals surface area contributed by atoms with E-state index in [9.17, 15) is 9.59 Å². The molecular weight excluding hydrogens is 344 g/mol. The predicted octanol–water partition coefficient (Wildman–Crippen LogP) is 4.31. The maximum absolute atomic E-state index is 12.4. The Balaban J connectivity index is 2.93. The second-order valence-electron chi connectivity index (χ2n) is 9.26. The second kappa shape index (κ2) is 8.74. The molecule has 0 saturated carbocycles. The first-order valence-corrected chi connectivity index (χ1v) is 9.10. The molecule has 1 aromatic carbocycles. The number of nitrogens with zero attached hydrogens (tertiary/aromatic N) is 2. The van der Waals surface area contributed by atoms with Gasteiger partial charge in [-0.25, -0.2) is 4.79 Å². The first-order valence-electron chi connectivity index (χ1n) is 9.10. The summed E-state index contributed by atoms with van der Waals surface area (Å²) in [6, 6.07) is 7.11. The molecule has 0 N–H and O–H groups in total. The van der Waals surface area contributed by atoms with E-state index in [0.29, 0.717) is 12.4 Å². The van der Waals surface area contributed by atoms with Crippen molar-refractivity contribution in [2.75, 3.05) is 27.8 Å². The van der Waals surface area contributed by atoms with Crippen molar-refractivity contribution in [2.24, 2.45) is 10.8 Å². The third-order valence-corrected chi connectivity index (χ3v) is 3.82. The monoisotopic (exact) mass is 378 g/mol. The summed E-state index contributed by atoms with van der Waals surface area (Å²) >= 11 is 0. The summed E-state index contributed by atoms with van der Waals surface area (Å²) in [5, 5.41) is 0. The molecule has 0 aliphatic rings. The Hall–Kier alpha value is -2.08. The lowest BCUT2D eigenvalue weighted by Crippen LogP contribution is -2.37. The Morgan fingerprint density at radius 3 is 1.89 bits per heavy atom. The van der Waals surface area contributed by atoms with Gasteiger partial charge >= 0.3 is 12.1 Å². The minimum Gasteiger partial charge on any atom is -0.457 e. The maximum atomic E-state index is 12.4. The van der Waals surface area contributed by atoms with Crippen LogP contribution < -0.4 is 4.74 Å². The molecule has 0 fully saturated rings. The highest BCUT2D eigenvalue weighted by atomic mass is 16.6. The summed E-state index contributed by atoms with van der Waals surface area (Å²) in [6.07, 6.45) is -0.826. The predicted molar refractivity (Wildman–Crippen MR) is 107 cm³/mol. The SMILES string of the molecule is CN(C)CN(C)C(=O)Oc1ccc(C(OC(=O)C(C)(C)C)C(C)(C)C)cc1. The molecule has 1 unspecified atom stereocenters. The van der Waals surface area contributed by atoms with Crippen LogP contribution in [0.4, 0.5) is 4.79 Å². The summed E-state index contributed by atoms with van der Waals surface area (Å²) in [6.45, 7) is 12.0. The van der Waals surface area contributed by atoms with Gasteiger partial charge in [0.15, 0.2) is 0 Å². The molecule has 0 radical (unpaired) electrons. The normalized spacial score (nSPS) is 13.3. The number of carbonyl (C=O) groups is 2. The van der Waals surface area contributed by atoms with Gasteiger partial charge in [-0.1, -0.05) is 32.9 Å². The number of hydrogen-bond acceptors (Lipinski definition) is 5. The van der Waals surface area contributed by atoms with E-state index in [1.165, 1.54) is 4.90 Å². The fraction of sp³-hybridized carbons (Fsp3) is 0.619. The standard InChI is InChI=1S/C21H34N2O4/c1-20(2,3)17(27-18(24)21(4,5)6)15-10-12-16(13-11-15)26-19(25)23(9)14-22(7)8/h10-13,17H,14H2,1-9H3. The topological polar surface area (TPSA) is 59.1 Å². The van der Waals surface area contributed by atoms with Gasteiger partial charge < -0.3 is 9.47 Å². The van der Waals surface area contributed by atoms with E-state index >= 15 is 0 Å². The molecule has 1 aromatic rings. The van der Waals surface area contributed by atoms with Crippen LogP contribution in [0.25, 0.3) is 0 Å². The van der Waals surface area contributed by atoms with Crippen molar-refractivity contribution in [1.29, 1.82) is 0 Å². The largest absolute Gasteiger partial charge is 0.457 e. The fourth-order valence-electron chi connectivity index (χ4n) is 2.40. The van der Waals surface area contributed by atoms with Crippen LogP contribution in [0.3, 0.4) is 0 Å². The molecule has 0 aliphatic carbocycles. The van der Waals surface area contributed by atoms with Crippen molar-refractivity contribution < 1.29 is 19.1 Å². The quantitative estimate of drug-likeness (QED) is 0.564. The van der Waals surface area contributed by atoms with Crippen molar-refractivity contribution >= 4 is 12.1 Å². The van der Waals surface area contributed by atoms with E-state index in [2.05, 4.69) is 0 Å². The first-order chi connectivity index (χ1) is 12.2. The molecule has 0 aromatic heterocycles. The molecule has 0 spiro atoms. The summed E-state index contributed by atoms with van der Waals surface area (Å²) in [5.74, 6) is 0.201. The van der Waals surface area contributed by atoms with E-state index < -0.39 is 17.6 Å². The Morgan fingerprint density at radius 2 is 1.48 bits per heavy atom. The number of esters is 1. The van der Waals surface area contributed by atoms with Gasteiger partial charge in [0.25, 0.3) is 0 Å². The van der Waals surface area contributed by atoms with Gasteiger partial charge in [0.2, 0.25) is 0 Å². The second-order valence-corrected chi connectivity index (χ2v) is 9.26. The average molecular weight is 379 g/mol. The van der Waals surface area contributed by atoms with Gasteiger partial charge in [0, 0.05) is 12.5 Å². The molecule has 0 bridgehead atoms. The molecule has 0 saturated heterocycles. The summed E-state index contributed by atoms with van der Waals surface area (Å²) < 4.78 is 11.2. The zero-order valence-electron chi connectivity index (χ0n) is 18.1. The Bertz CT molecular complexity index is 640. The smallest absolute Gasteiger partial charge is 0.416 e. The molecule has 1 rings (SSSR count). The van der Waals surface area contributed by atoms with Crippen LogP contribution in [0.15, 0.2) is 24.3 Å². The van der Waals surface area contributed by atoms with Crippen LogP contribution in [0.2, 0.25) is 0 Å². The van der Waals surface area contributed by atoms with Crippen molar-refractivity contribution in [3.63, 3.8) is 0 Å². The molecule has 6 nitrogen and oxygen atoms in total. The Kier molecular flexibility index (Phi) is 7.43. The van der Waals surface area contributed by atoms with Crippen LogP contribution in [0, 0.1) is 10.8 Å². The minimum absolute atomic E-state index is 0.247. The van der Waals surface area contributed by atoms with Crippen LogP contribution in [0.1, 0.15) is 53.2 Å². The van der Waals surface area contributed by atoms with Gasteiger partial charge in [-0.2, -0.15) is 0 Å². The number of benzene rings is 1. The van der Waals surface area contributed by atoms with Gasteiger partial charge in [0.1, 0.15) is 11.9 Å². The highest BCUT2D eigenvalue weighted by molar-refractivity contribution is 5.75. The zero-order valence-corrected chi connectivity index (χ0v) is 18.1. The number of rotatable bonds is 5. The molecular formula is C21H34N2O4. The number of hydrogen-bond donors (Lipinski definition) is 0. The Labute approximate surface area is 163 Å². The lowest BCUT2D eigenvalue weighted by atomic mass is 9.84. The van der Waals surface area contributed by atoms with Gasteiger partial charge in [0.05, 0.1) is 12.1 Å². The lowest BCUT2D eigenvalue weighted by Gasteiger charge is -2.33. The fourth-order valence-corrected chi connectivity index (χ4v) is 2.40. The minimum atomic E-state index is -0.573. The van der Waals surface area contributed by atoms with E-state index in [4.69, 9.17) is 9.47 Å². The number of carbonyl (C=O) groups excluding carboxylic acids is 2. The molecule has 27 heavy (non-hydrogen) atoms. The van der Waals surface area contributed by atoms with E-state index in [1.54, 1.807) is 19.2 Å². The third-order valence-electron chi connectivity index (χ3n) is 3.82. The van der Waals surface area contributed by atoms with Crippen molar-refractivity contribution in [3.05, 3.63) is 29.8 Å². The summed E-state index contributed by atoms with van der Waals surface area (Å²) in [7, 11) is 5.44. The van der Waals surface area contributed by atoms with Gasteiger partial charge in [-0.05, 0) is 52.6 Å². The van der Waals surface area contributed by atoms with Crippen LogP contribution in [-0.4, -0.2) is 49.7 Å². The molecule has 0 aliphatic heterocycles. The zero-order chi connectivity index (χ0) is 21.0. The van der Waals surface area contributed by atoms with Crippen molar-refractivity contribution in [3.8, 4) is 5.75 Å². The molecule has 1 amide bonds. The average Bonchev–Trinajstić information content (AvgIpc) is 2.50. The van der Waals surface area contributed by atoms with Crippen LogP contribution in [0.5, 0.6) is 5.75 Å². The van der Waals surface area contributed by atoms with Crippen molar-refractivity contribution in [2.45, 2.75) is 47.6 Å². The summed E-state index contributed by atoms with van der Waals surface area (Å²) in [4.78, 5) is 27.8. The number of ether oxygens (including phenoxy) is 2. The molecule has 6 heteroatoms. The van der Waals surface area contributed by atoms with Gasteiger partial charge in [-0.3, -0.25) is 14.6 Å².